The van der Waals surface area contributed by atoms with Crippen molar-refractivity contribution in [2.24, 2.45) is 0 Å². The van der Waals surface area contributed by atoms with Crippen LogP contribution in [0.5, 0.6) is 0 Å². The molecule has 0 amide bonds. The van der Waals surface area contributed by atoms with Crippen LogP contribution in [0.15, 0.2) is 22.7 Å². The Morgan fingerprint density at radius 2 is 2.06 bits per heavy atom. The highest BCUT2D eigenvalue weighted by atomic mass is 79.9. The van der Waals surface area contributed by atoms with Crippen molar-refractivity contribution in [3.05, 3.63) is 28.2 Å². The zero-order chi connectivity index (χ0) is 13.0. The fourth-order valence-corrected chi connectivity index (χ4v) is 2.90. The summed E-state index contributed by atoms with van der Waals surface area (Å²) in [6.07, 6.45) is 2.74. The van der Waals surface area contributed by atoms with E-state index in [1.165, 1.54) is 38.0 Å². The quantitative estimate of drug-likeness (QED) is 0.848. The molecule has 1 fully saturated rings. The number of rotatable bonds is 5. The minimum Gasteiger partial charge on any atom is -0.399 e. The zero-order valence-corrected chi connectivity index (χ0v) is 12.6. The maximum Gasteiger partial charge on any atom is 0.0325 e. The Hall–Kier alpha value is -0.580. The van der Waals surface area contributed by atoms with Crippen molar-refractivity contribution < 1.29 is 0 Å². The first-order valence-corrected chi connectivity index (χ1v) is 7.39. The first-order chi connectivity index (χ1) is 8.65. The van der Waals surface area contributed by atoms with E-state index >= 15 is 0 Å². The molecule has 0 radical (unpaired) electrons. The molecule has 0 spiro atoms. The summed E-state index contributed by atoms with van der Waals surface area (Å²) >= 11 is 3.58. The molecule has 0 unspecified atom stereocenters. The van der Waals surface area contributed by atoms with Crippen LogP contribution in [0.4, 0.5) is 5.69 Å². The smallest absolute Gasteiger partial charge is 0.0325 e. The average molecular weight is 312 g/mol. The van der Waals surface area contributed by atoms with E-state index < -0.39 is 0 Å². The van der Waals surface area contributed by atoms with Gasteiger partial charge in [-0.15, -0.1) is 0 Å². The molecule has 1 aliphatic heterocycles. The van der Waals surface area contributed by atoms with Crippen molar-refractivity contribution in [2.45, 2.75) is 19.4 Å². The van der Waals surface area contributed by atoms with Crippen LogP contribution < -0.4 is 5.73 Å². The Kier molecular flexibility index (Phi) is 5.03. The lowest BCUT2D eigenvalue weighted by atomic mass is 10.2. The number of nitrogen functional groups attached to an aromatic ring is 1. The highest BCUT2D eigenvalue weighted by Gasteiger charge is 2.12. The third-order valence-corrected chi connectivity index (χ3v) is 4.25. The molecule has 0 aromatic heterocycles. The lowest BCUT2D eigenvalue weighted by Gasteiger charge is -2.21. The lowest BCUT2D eigenvalue weighted by Crippen LogP contribution is -2.31. The number of nitrogens with two attached hydrogens (primary N) is 1. The van der Waals surface area contributed by atoms with E-state index in [0.29, 0.717) is 0 Å². The molecule has 18 heavy (non-hydrogen) atoms. The minimum absolute atomic E-state index is 0.811. The molecule has 2 N–H and O–H groups in total. The van der Waals surface area contributed by atoms with E-state index in [2.05, 4.69) is 38.8 Å². The number of likely N-dealkylation sites (N-methyl/N-ethyl adjacent to an activating group) is 1. The van der Waals surface area contributed by atoms with Gasteiger partial charge in [-0.1, -0.05) is 22.0 Å². The Bertz CT molecular complexity index is 389. The van der Waals surface area contributed by atoms with Crippen LogP contribution in [0, 0.1) is 0 Å². The van der Waals surface area contributed by atoms with Crippen molar-refractivity contribution >= 4 is 21.6 Å². The molecule has 0 bridgehead atoms. The van der Waals surface area contributed by atoms with Crippen LogP contribution in [0.1, 0.15) is 18.4 Å². The van der Waals surface area contributed by atoms with Gasteiger partial charge in [-0.05, 0) is 50.7 Å². The van der Waals surface area contributed by atoms with Crippen molar-refractivity contribution in [3.8, 4) is 0 Å². The van der Waals surface area contributed by atoms with Gasteiger partial charge in [0.05, 0.1) is 0 Å². The van der Waals surface area contributed by atoms with Gasteiger partial charge in [-0.3, -0.25) is 0 Å². The molecule has 3 nitrogen and oxygen atoms in total. The largest absolute Gasteiger partial charge is 0.399 e. The van der Waals surface area contributed by atoms with Gasteiger partial charge in [0.1, 0.15) is 0 Å². The van der Waals surface area contributed by atoms with E-state index in [4.69, 9.17) is 5.73 Å². The number of halogens is 1. The second-order valence-corrected chi connectivity index (χ2v) is 5.99. The van der Waals surface area contributed by atoms with E-state index in [1.807, 2.05) is 12.1 Å². The third kappa shape index (κ3) is 3.97. The van der Waals surface area contributed by atoms with Crippen LogP contribution in [0.25, 0.3) is 0 Å². The van der Waals surface area contributed by atoms with Gasteiger partial charge in [0, 0.05) is 29.8 Å². The van der Waals surface area contributed by atoms with Crippen molar-refractivity contribution in [2.75, 3.05) is 39.0 Å². The monoisotopic (exact) mass is 311 g/mol. The summed E-state index contributed by atoms with van der Waals surface area (Å²) in [5.41, 5.74) is 7.86. The van der Waals surface area contributed by atoms with E-state index in [9.17, 15) is 0 Å². The lowest BCUT2D eigenvalue weighted by molar-refractivity contribution is 0.252. The van der Waals surface area contributed by atoms with Crippen molar-refractivity contribution in [1.82, 2.24) is 9.80 Å². The molecule has 0 aliphatic carbocycles. The van der Waals surface area contributed by atoms with Gasteiger partial charge in [0.2, 0.25) is 0 Å². The first-order valence-electron chi connectivity index (χ1n) is 6.60. The number of hydrogen-bond acceptors (Lipinski definition) is 3. The Morgan fingerprint density at radius 3 is 2.72 bits per heavy atom. The summed E-state index contributed by atoms with van der Waals surface area (Å²) in [6, 6.07) is 6.05. The Morgan fingerprint density at radius 1 is 1.33 bits per heavy atom. The standard InChI is InChI=1S/C14H22BrN3/c1-17(8-9-18-6-2-3-7-18)11-12-4-5-13(16)10-14(12)15/h4-5,10H,2-3,6-9,11,16H2,1H3. The fourth-order valence-electron chi connectivity index (χ4n) is 2.38. The van der Waals surface area contributed by atoms with Crippen LogP contribution in [-0.4, -0.2) is 43.0 Å². The molecule has 0 saturated carbocycles. The molecule has 1 heterocycles. The molecular formula is C14H22BrN3. The van der Waals surface area contributed by atoms with E-state index in [-0.39, 0.29) is 0 Å². The number of benzene rings is 1. The van der Waals surface area contributed by atoms with Crippen molar-refractivity contribution in [1.29, 1.82) is 0 Å². The van der Waals surface area contributed by atoms with Crippen LogP contribution in [0.2, 0.25) is 0 Å². The Balaban J connectivity index is 1.80. The van der Waals surface area contributed by atoms with Crippen LogP contribution in [-0.2, 0) is 6.54 Å². The molecule has 0 atom stereocenters. The summed E-state index contributed by atoms with van der Waals surface area (Å²) in [5.74, 6) is 0. The molecule has 1 aliphatic rings. The third-order valence-electron chi connectivity index (χ3n) is 3.51. The summed E-state index contributed by atoms with van der Waals surface area (Å²) < 4.78 is 1.11. The van der Waals surface area contributed by atoms with Gasteiger partial charge in [0.25, 0.3) is 0 Å². The maximum atomic E-state index is 5.75. The van der Waals surface area contributed by atoms with Crippen LogP contribution in [0.3, 0.4) is 0 Å². The predicted octanol–water partition coefficient (Wildman–Crippen LogP) is 2.56. The summed E-state index contributed by atoms with van der Waals surface area (Å²) in [7, 11) is 2.18. The molecule has 2 rings (SSSR count). The van der Waals surface area contributed by atoms with Gasteiger partial charge in [0.15, 0.2) is 0 Å². The molecule has 1 saturated heterocycles. The second kappa shape index (κ2) is 6.55. The number of likely N-dealkylation sites (tertiary alicyclic amines) is 1. The van der Waals surface area contributed by atoms with Gasteiger partial charge in [-0.25, -0.2) is 0 Å². The molecule has 1 aromatic rings. The zero-order valence-electron chi connectivity index (χ0n) is 11.0. The first kappa shape index (κ1) is 13.8. The number of nitrogens with zero attached hydrogens (tertiary/aromatic N) is 2. The SMILES string of the molecule is CN(CCN1CCCC1)Cc1ccc(N)cc1Br. The minimum atomic E-state index is 0.811. The fraction of sp³-hybridized carbons (Fsp3) is 0.571. The Labute approximate surface area is 118 Å². The molecule has 4 heteroatoms. The van der Waals surface area contributed by atoms with Gasteiger partial charge < -0.3 is 15.5 Å². The van der Waals surface area contributed by atoms with E-state index in [0.717, 1.165) is 23.2 Å². The highest BCUT2D eigenvalue weighted by Crippen LogP contribution is 2.21. The molecular weight excluding hydrogens is 290 g/mol. The predicted molar refractivity (Wildman–Crippen MR) is 80.6 cm³/mol. The number of hydrogen-bond donors (Lipinski definition) is 1. The highest BCUT2D eigenvalue weighted by molar-refractivity contribution is 9.10. The molecule has 1 aromatic carbocycles. The van der Waals surface area contributed by atoms with Crippen molar-refractivity contribution in [3.63, 3.8) is 0 Å². The number of anilines is 1. The normalized spacial score (nSPS) is 16.6. The van der Waals surface area contributed by atoms with E-state index in [1.54, 1.807) is 0 Å². The summed E-state index contributed by atoms with van der Waals surface area (Å²) in [6.45, 7) is 5.83. The maximum absolute atomic E-state index is 5.75. The van der Waals surface area contributed by atoms with Crippen LogP contribution >= 0.6 is 15.9 Å². The topological polar surface area (TPSA) is 32.5 Å². The summed E-state index contributed by atoms with van der Waals surface area (Å²) in [5, 5.41) is 0. The summed E-state index contributed by atoms with van der Waals surface area (Å²) in [4.78, 5) is 4.92. The average Bonchev–Trinajstić information content (AvgIpc) is 2.83. The molecule has 100 valence electrons. The second-order valence-electron chi connectivity index (χ2n) is 5.14. The van der Waals surface area contributed by atoms with Gasteiger partial charge in [-0.2, -0.15) is 0 Å². The van der Waals surface area contributed by atoms with Gasteiger partial charge >= 0.3 is 0 Å².